The van der Waals surface area contributed by atoms with Crippen LogP contribution in [0.3, 0.4) is 0 Å². The van der Waals surface area contributed by atoms with Crippen molar-refractivity contribution in [2.75, 3.05) is 17.7 Å². The summed E-state index contributed by atoms with van der Waals surface area (Å²) in [6.07, 6.45) is 3.25. The monoisotopic (exact) mass is 220 g/mol. The van der Waals surface area contributed by atoms with Crippen LogP contribution in [-0.4, -0.2) is 17.0 Å². The first-order valence-electron chi connectivity index (χ1n) is 4.57. The summed E-state index contributed by atoms with van der Waals surface area (Å²) in [5.74, 6) is 1.28. The molecule has 0 saturated carbocycles. The van der Waals surface area contributed by atoms with Gasteiger partial charge in [0.25, 0.3) is 0 Å². The second kappa shape index (κ2) is 4.27. The molecule has 0 spiro atoms. The number of nitrogens with zero attached hydrogens (tertiary/aromatic N) is 3. The Hall–Kier alpha value is -1.62. The number of thiophene rings is 1. The van der Waals surface area contributed by atoms with Crippen LogP contribution in [0.2, 0.25) is 0 Å². The molecule has 2 aromatic heterocycles. The number of nitrogens with two attached hydrogens (primary N) is 1. The van der Waals surface area contributed by atoms with Gasteiger partial charge in [0.1, 0.15) is 11.6 Å². The Labute approximate surface area is 92.4 Å². The molecular formula is C10H12N4S. The molecule has 5 heteroatoms. The second-order valence-corrected chi connectivity index (χ2v) is 4.27. The van der Waals surface area contributed by atoms with Crippen LogP contribution in [0.25, 0.3) is 0 Å². The minimum absolute atomic E-state index is 0.447. The Balaban J connectivity index is 2.08. The van der Waals surface area contributed by atoms with Gasteiger partial charge in [-0.05, 0) is 11.4 Å². The first kappa shape index (κ1) is 9.92. The van der Waals surface area contributed by atoms with Crippen molar-refractivity contribution in [1.29, 1.82) is 0 Å². The minimum Gasteiger partial charge on any atom is -0.382 e. The number of nitrogen functional groups attached to an aromatic ring is 1. The number of anilines is 2. The summed E-state index contributed by atoms with van der Waals surface area (Å²) in [6.45, 7) is 0.844. The highest BCUT2D eigenvalue weighted by atomic mass is 32.1. The summed E-state index contributed by atoms with van der Waals surface area (Å²) in [6, 6.07) is 4.15. The fourth-order valence-electron chi connectivity index (χ4n) is 1.25. The summed E-state index contributed by atoms with van der Waals surface area (Å²) in [7, 11) is 1.99. The van der Waals surface area contributed by atoms with Crippen LogP contribution in [0.15, 0.2) is 29.9 Å². The van der Waals surface area contributed by atoms with E-state index in [1.807, 2.05) is 18.0 Å². The molecule has 2 N–H and O–H groups in total. The molecule has 2 rings (SSSR count). The highest BCUT2D eigenvalue weighted by molar-refractivity contribution is 7.09. The van der Waals surface area contributed by atoms with Gasteiger partial charge in [0.15, 0.2) is 0 Å². The summed E-state index contributed by atoms with van der Waals surface area (Å²) < 4.78 is 0. The third-order valence-electron chi connectivity index (χ3n) is 2.02. The van der Waals surface area contributed by atoms with Crippen molar-refractivity contribution in [3.05, 3.63) is 34.8 Å². The number of hydrogen-bond acceptors (Lipinski definition) is 5. The van der Waals surface area contributed by atoms with Crippen LogP contribution in [0.4, 0.5) is 11.6 Å². The zero-order valence-corrected chi connectivity index (χ0v) is 9.24. The topological polar surface area (TPSA) is 55.0 Å². The zero-order valence-electron chi connectivity index (χ0n) is 8.42. The lowest BCUT2D eigenvalue weighted by molar-refractivity contribution is 0.905. The lowest BCUT2D eigenvalue weighted by Gasteiger charge is -2.16. The number of hydrogen-bond donors (Lipinski definition) is 1. The van der Waals surface area contributed by atoms with Gasteiger partial charge in [-0.2, -0.15) is 0 Å². The largest absolute Gasteiger partial charge is 0.382 e. The molecule has 2 heterocycles. The highest BCUT2D eigenvalue weighted by Crippen LogP contribution is 2.15. The Morgan fingerprint density at radius 2 is 2.27 bits per heavy atom. The fourth-order valence-corrected chi connectivity index (χ4v) is 2.00. The SMILES string of the molecule is CN(Cc1cccs1)c1cnc(N)cn1. The van der Waals surface area contributed by atoms with E-state index < -0.39 is 0 Å². The smallest absolute Gasteiger partial charge is 0.147 e. The van der Waals surface area contributed by atoms with Crippen LogP contribution in [-0.2, 0) is 6.54 Å². The van der Waals surface area contributed by atoms with Crippen molar-refractivity contribution in [2.45, 2.75) is 6.54 Å². The van der Waals surface area contributed by atoms with Crippen molar-refractivity contribution in [1.82, 2.24) is 9.97 Å². The van der Waals surface area contributed by atoms with E-state index in [9.17, 15) is 0 Å². The molecule has 0 aliphatic rings. The van der Waals surface area contributed by atoms with Crippen LogP contribution >= 0.6 is 11.3 Å². The van der Waals surface area contributed by atoms with Gasteiger partial charge in [0.2, 0.25) is 0 Å². The van der Waals surface area contributed by atoms with Gasteiger partial charge in [-0.25, -0.2) is 9.97 Å². The van der Waals surface area contributed by atoms with E-state index in [-0.39, 0.29) is 0 Å². The van der Waals surface area contributed by atoms with E-state index in [0.717, 1.165) is 12.4 Å². The van der Waals surface area contributed by atoms with Crippen LogP contribution < -0.4 is 10.6 Å². The maximum atomic E-state index is 5.47. The summed E-state index contributed by atoms with van der Waals surface area (Å²) >= 11 is 1.73. The van der Waals surface area contributed by atoms with Crippen molar-refractivity contribution >= 4 is 23.0 Å². The minimum atomic E-state index is 0.447. The van der Waals surface area contributed by atoms with Gasteiger partial charge in [-0.15, -0.1) is 11.3 Å². The molecule has 0 radical (unpaired) electrons. The average Bonchev–Trinajstić information content (AvgIpc) is 2.71. The van der Waals surface area contributed by atoms with Gasteiger partial charge in [-0.1, -0.05) is 6.07 Å². The maximum absolute atomic E-state index is 5.47. The molecule has 0 saturated heterocycles. The molecule has 0 aliphatic heterocycles. The quantitative estimate of drug-likeness (QED) is 0.856. The Morgan fingerprint density at radius 1 is 1.40 bits per heavy atom. The van der Waals surface area contributed by atoms with Gasteiger partial charge >= 0.3 is 0 Å². The van der Waals surface area contributed by atoms with E-state index in [1.54, 1.807) is 23.7 Å². The Kier molecular flexibility index (Phi) is 2.82. The predicted molar refractivity (Wildman–Crippen MR) is 62.9 cm³/mol. The third kappa shape index (κ3) is 2.44. The van der Waals surface area contributed by atoms with E-state index >= 15 is 0 Å². The number of aromatic nitrogens is 2. The van der Waals surface area contributed by atoms with E-state index in [1.165, 1.54) is 4.88 Å². The second-order valence-electron chi connectivity index (χ2n) is 3.23. The summed E-state index contributed by atoms with van der Waals surface area (Å²) in [5.41, 5.74) is 5.47. The first-order valence-corrected chi connectivity index (χ1v) is 5.45. The summed E-state index contributed by atoms with van der Waals surface area (Å²) in [4.78, 5) is 11.6. The molecular weight excluding hydrogens is 208 g/mol. The highest BCUT2D eigenvalue weighted by Gasteiger charge is 2.04. The van der Waals surface area contributed by atoms with E-state index in [4.69, 9.17) is 5.73 Å². The van der Waals surface area contributed by atoms with Crippen molar-refractivity contribution < 1.29 is 0 Å². The lowest BCUT2D eigenvalue weighted by atomic mass is 10.4. The average molecular weight is 220 g/mol. The predicted octanol–water partition coefficient (Wildman–Crippen LogP) is 1.76. The molecule has 4 nitrogen and oxygen atoms in total. The maximum Gasteiger partial charge on any atom is 0.147 e. The van der Waals surface area contributed by atoms with Gasteiger partial charge in [0.05, 0.1) is 18.9 Å². The van der Waals surface area contributed by atoms with E-state index in [0.29, 0.717) is 5.82 Å². The fraction of sp³-hybridized carbons (Fsp3) is 0.200. The molecule has 0 aliphatic carbocycles. The molecule has 78 valence electrons. The Morgan fingerprint density at radius 3 is 2.87 bits per heavy atom. The van der Waals surface area contributed by atoms with Crippen molar-refractivity contribution in [3.63, 3.8) is 0 Å². The van der Waals surface area contributed by atoms with Gasteiger partial charge < -0.3 is 10.6 Å². The summed E-state index contributed by atoms with van der Waals surface area (Å²) in [5, 5.41) is 2.07. The molecule has 0 unspecified atom stereocenters. The number of rotatable bonds is 3. The normalized spacial score (nSPS) is 10.2. The lowest BCUT2D eigenvalue weighted by Crippen LogP contribution is -2.17. The van der Waals surface area contributed by atoms with Crippen LogP contribution in [0, 0.1) is 0 Å². The Bertz CT molecular complexity index is 409. The third-order valence-corrected chi connectivity index (χ3v) is 2.88. The molecule has 2 aromatic rings. The van der Waals surface area contributed by atoms with Crippen molar-refractivity contribution in [3.8, 4) is 0 Å². The molecule has 0 atom stereocenters. The van der Waals surface area contributed by atoms with Crippen LogP contribution in [0.1, 0.15) is 4.88 Å². The van der Waals surface area contributed by atoms with Crippen molar-refractivity contribution in [2.24, 2.45) is 0 Å². The standard InChI is InChI=1S/C10H12N4S/c1-14(7-8-3-2-4-15-8)10-6-12-9(11)5-13-10/h2-6H,7H2,1H3,(H2,11,12). The van der Waals surface area contributed by atoms with Crippen LogP contribution in [0.5, 0.6) is 0 Å². The molecule has 0 bridgehead atoms. The van der Waals surface area contributed by atoms with Gasteiger partial charge in [0, 0.05) is 11.9 Å². The molecule has 15 heavy (non-hydrogen) atoms. The zero-order chi connectivity index (χ0) is 10.7. The molecule has 0 fully saturated rings. The molecule has 0 aromatic carbocycles. The van der Waals surface area contributed by atoms with Gasteiger partial charge in [-0.3, -0.25) is 0 Å². The first-order chi connectivity index (χ1) is 7.25. The molecule has 0 amide bonds. The van der Waals surface area contributed by atoms with E-state index in [2.05, 4.69) is 21.4 Å².